The maximum atomic E-state index is 12.0. The van der Waals surface area contributed by atoms with E-state index in [-0.39, 0.29) is 17.4 Å². The summed E-state index contributed by atoms with van der Waals surface area (Å²) in [7, 11) is 1.83. The molecule has 0 bridgehead atoms. The Labute approximate surface area is 214 Å². The summed E-state index contributed by atoms with van der Waals surface area (Å²) in [5, 5.41) is 22.6. The molecule has 2 unspecified atom stereocenters. The fourth-order valence-electron chi connectivity index (χ4n) is 5.15. The minimum atomic E-state index is -0.975. The summed E-state index contributed by atoms with van der Waals surface area (Å²) in [5.41, 5.74) is 4.66. The molecule has 3 heterocycles. The Morgan fingerprint density at radius 3 is 2.65 bits per heavy atom. The average molecular weight is 500 g/mol. The van der Waals surface area contributed by atoms with Crippen LogP contribution in [-0.4, -0.2) is 55.7 Å². The summed E-state index contributed by atoms with van der Waals surface area (Å²) in [6.07, 6.45) is 6.22. The Kier molecular flexibility index (Phi) is 6.21. The van der Waals surface area contributed by atoms with Gasteiger partial charge >= 0.3 is 5.97 Å². The largest absolute Gasteiger partial charge is 0.493 e. The zero-order chi connectivity index (χ0) is 25.4. The molecule has 2 aromatic carbocycles. The number of ether oxygens (including phenoxy) is 2. The molecule has 2 aliphatic rings. The highest BCUT2D eigenvalue weighted by Gasteiger charge is 2.46. The van der Waals surface area contributed by atoms with E-state index in [0.717, 1.165) is 60.7 Å². The smallest absolute Gasteiger partial charge is 0.339 e. The minimum absolute atomic E-state index is 0.0240. The second kappa shape index (κ2) is 9.82. The molecule has 9 nitrogen and oxygen atoms in total. The van der Waals surface area contributed by atoms with Gasteiger partial charge in [-0.15, -0.1) is 5.10 Å². The maximum absolute atomic E-state index is 12.0. The van der Waals surface area contributed by atoms with Crippen LogP contribution in [0.25, 0.3) is 16.8 Å². The fourth-order valence-corrected chi connectivity index (χ4v) is 5.15. The predicted molar refractivity (Wildman–Crippen MR) is 136 cm³/mol. The molecule has 1 aliphatic heterocycles. The molecule has 2 aromatic heterocycles. The molecule has 1 aliphatic carbocycles. The standard InChI is InChI=1S/C28H29N5O4/c1-32-16-26(30-31-32)23-14-24(23)27-25(28(34)35)15-29-33(27)21-6-2-4-19(12-21)20-5-3-7-22(13-20)37-17-18-8-10-36-11-9-18/h2-7,12-13,15-16,18,23-24H,8-11,14,17H2,1H3,(H,34,35). The molecule has 190 valence electrons. The van der Waals surface area contributed by atoms with Crippen molar-refractivity contribution in [2.45, 2.75) is 31.1 Å². The lowest BCUT2D eigenvalue weighted by Crippen LogP contribution is -2.21. The maximum Gasteiger partial charge on any atom is 0.339 e. The Hall–Kier alpha value is -3.98. The zero-order valence-corrected chi connectivity index (χ0v) is 20.7. The Morgan fingerprint density at radius 2 is 1.89 bits per heavy atom. The van der Waals surface area contributed by atoms with E-state index in [4.69, 9.17) is 9.47 Å². The highest BCUT2D eigenvalue weighted by Crippen LogP contribution is 2.55. The summed E-state index contributed by atoms with van der Waals surface area (Å²) in [5.74, 6) is 0.546. The number of aromatic carboxylic acids is 1. The molecule has 2 atom stereocenters. The van der Waals surface area contributed by atoms with Gasteiger partial charge in [-0.25, -0.2) is 9.48 Å². The first kappa shape index (κ1) is 23.4. The SMILES string of the molecule is Cn1cc(C2CC2c2c(C(=O)O)cnn2-c2cccc(-c3cccc(OCC4CCOCC4)c3)c2)nn1. The third-order valence-electron chi connectivity index (χ3n) is 7.26. The second-order valence-corrected chi connectivity index (χ2v) is 9.87. The Balaban J connectivity index is 1.27. The number of rotatable bonds is 8. The van der Waals surface area contributed by atoms with Crippen LogP contribution in [0.3, 0.4) is 0 Å². The van der Waals surface area contributed by atoms with Gasteiger partial charge in [-0.2, -0.15) is 5.10 Å². The fraction of sp³-hybridized carbons (Fsp3) is 0.357. The van der Waals surface area contributed by atoms with E-state index in [1.807, 2.05) is 49.6 Å². The highest BCUT2D eigenvalue weighted by molar-refractivity contribution is 5.89. The van der Waals surface area contributed by atoms with Crippen LogP contribution < -0.4 is 4.74 Å². The lowest BCUT2D eigenvalue weighted by atomic mass is 10.0. The number of aryl methyl sites for hydroxylation is 1. The molecule has 1 N–H and O–H groups in total. The lowest BCUT2D eigenvalue weighted by molar-refractivity contribution is 0.0497. The number of hydrogen-bond donors (Lipinski definition) is 1. The van der Waals surface area contributed by atoms with Gasteiger partial charge in [0.05, 0.1) is 29.9 Å². The van der Waals surface area contributed by atoms with Crippen molar-refractivity contribution in [3.63, 3.8) is 0 Å². The van der Waals surface area contributed by atoms with Crippen LogP contribution in [0.2, 0.25) is 0 Å². The van der Waals surface area contributed by atoms with Crippen molar-refractivity contribution in [3.05, 3.63) is 77.9 Å². The molecule has 1 saturated carbocycles. The van der Waals surface area contributed by atoms with Gasteiger partial charge in [0.1, 0.15) is 11.3 Å². The van der Waals surface area contributed by atoms with Crippen LogP contribution in [0.1, 0.15) is 52.8 Å². The van der Waals surface area contributed by atoms with Crippen molar-refractivity contribution < 1.29 is 19.4 Å². The van der Waals surface area contributed by atoms with E-state index in [0.29, 0.717) is 18.2 Å². The van der Waals surface area contributed by atoms with Crippen LogP contribution in [0.4, 0.5) is 0 Å². The van der Waals surface area contributed by atoms with Crippen molar-refractivity contribution in [1.29, 1.82) is 0 Å². The first-order chi connectivity index (χ1) is 18.1. The number of carboxylic acid groups (broad SMARTS) is 1. The molecule has 1 saturated heterocycles. The van der Waals surface area contributed by atoms with E-state index in [1.165, 1.54) is 6.20 Å². The number of nitrogens with zero attached hydrogens (tertiary/aromatic N) is 5. The summed E-state index contributed by atoms with van der Waals surface area (Å²) in [6.45, 7) is 2.30. The highest BCUT2D eigenvalue weighted by atomic mass is 16.5. The Morgan fingerprint density at radius 1 is 1.11 bits per heavy atom. The summed E-state index contributed by atoms with van der Waals surface area (Å²) >= 11 is 0. The van der Waals surface area contributed by atoms with Crippen molar-refractivity contribution in [1.82, 2.24) is 24.8 Å². The summed E-state index contributed by atoms with van der Waals surface area (Å²) < 4.78 is 15.0. The molecule has 0 spiro atoms. The number of aromatic nitrogens is 5. The minimum Gasteiger partial charge on any atom is -0.493 e. The van der Waals surface area contributed by atoms with Gasteiger partial charge in [-0.05, 0) is 60.6 Å². The summed E-state index contributed by atoms with van der Waals surface area (Å²) in [4.78, 5) is 12.0. The molecule has 6 rings (SSSR count). The number of hydrogen-bond acceptors (Lipinski definition) is 6. The molecule has 2 fully saturated rings. The van der Waals surface area contributed by atoms with Crippen LogP contribution >= 0.6 is 0 Å². The third kappa shape index (κ3) is 4.86. The normalized spacial score (nSPS) is 19.6. The number of benzene rings is 2. The van der Waals surface area contributed by atoms with E-state index >= 15 is 0 Å². The third-order valence-corrected chi connectivity index (χ3v) is 7.26. The van der Waals surface area contributed by atoms with Gasteiger partial charge in [0.15, 0.2) is 0 Å². The van der Waals surface area contributed by atoms with Gasteiger partial charge in [0.25, 0.3) is 0 Å². The van der Waals surface area contributed by atoms with Gasteiger partial charge in [-0.1, -0.05) is 29.5 Å². The number of carbonyl (C=O) groups is 1. The predicted octanol–water partition coefficient (Wildman–Crippen LogP) is 4.44. The topological polar surface area (TPSA) is 104 Å². The van der Waals surface area contributed by atoms with E-state index in [9.17, 15) is 9.90 Å². The monoisotopic (exact) mass is 499 g/mol. The molecule has 37 heavy (non-hydrogen) atoms. The Bertz CT molecular complexity index is 1420. The molecular formula is C28H29N5O4. The van der Waals surface area contributed by atoms with Gasteiger partial charge < -0.3 is 14.6 Å². The van der Waals surface area contributed by atoms with Crippen LogP contribution in [0.15, 0.2) is 60.9 Å². The molecule has 9 heteroatoms. The van der Waals surface area contributed by atoms with Crippen molar-refractivity contribution in [3.8, 4) is 22.6 Å². The van der Waals surface area contributed by atoms with E-state index in [1.54, 1.807) is 9.36 Å². The van der Waals surface area contributed by atoms with Crippen LogP contribution in [0, 0.1) is 5.92 Å². The van der Waals surface area contributed by atoms with Gasteiger partial charge in [-0.3, -0.25) is 4.68 Å². The van der Waals surface area contributed by atoms with Crippen LogP contribution in [-0.2, 0) is 11.8 Å². The molecular weight excluding hydrogens is 470 g/mol. The van der Waals surface area contributed by atoms with Crippen molar-refractivity contribution in [2.24, 2.45) is 13.0 Å². The molecule has 0 amide bonds. The second-order valence-electron chi connectivity index (χ2n) is 9.87. The number of carboxylic acids is 1. The van der Waals surface area contributed by atoms with Crippen LogP contribution in [0.5, 0.6) is 5.75 Å². The van der Waals surface area contributed by atoms with Crippen molar-refractivity contribution in [2.75, 3.05) is 19.8 Å². The quantitative estimate of drug-likeness (QED) is 0.382. The first-order valence-electron chi connectivity index (χ1n) is 12.7. The molecule has 4 aromatic rings. The first-order valence-corrected chi connectivity index (χ1v) is 12.7. The van der Waals surface area contributed by atoms with Gasteiger partial charge in [0, 0.05) is 38.3 Å². The van der Waals surface area contributed by atoms with Gasteiger partial charge in [0.2, 0.25) is 0 Å². The zero-order valence-electron chi connectivity index (χ0n) is 20.7. The van der Waals surface area contributed by atoms with E-state index in [2.05, 4.69) is 27.5 Å². The van der Waals surface area contributed by atoms with E-state index < -0.39 is 5.97 Å². The summed E-state index contributed by atoms with van der Waals surface area (Å²) in [6, 6.07) is 16.1. The molecule has 0 radical (unpaired) electrons. The van der Waals surface area contributed by atoms with Crippen molar-refractivity contribution >= 4 is 5.97 Å². The average Bonchev–Trinajstić information content (AvgIpc) is 3.37. The lowest BCUT2D eigenvalue weighted by Gasteiger charge is -2.22.